The van der Waals surface area contributed by atoms with E-state index in [1.165, 1.54) is 11.1 Å². The summed E-state index contributed by atoms with van der Waals surface area (Å²) in [5.74, 6) is -0.310. The molecule has 0 radical (unpaired) electrons. The number of ether oxygens (including phenoxy) is 1. The maximum absolute atomic E-state index is 11.9. The van der Waals surface area contributed by atoms with Crippen LogP contribution < -0.4 is 10.6 Å². The SMILES string of the molecule is CCOC(=O)c1ccc(N)c(N2Cc3ccccc3C2)c1. The second-order valence-corrected chi connectivity index (χ2v) is 5.12. The van der Waals surface area contributed by atoms with Gasteiger partial charge in [0, 0.05) is 13.1 Å². The Morgan fingerprint density at radius 1 is 1.19 bits per heavy atom. The summed E-state index contributed by atoms with van der Waals surface area (Å²) in [5, 5.41) is 0. The number of hydrogen-bond donors (Lipinski definition) is 1. The number of nitrogens with two attached hydrogens (primary N) is 1. The Morgan fingerprint density at radius 3 is 2.48 bits per heavy atom. The van der Waals surface area contributed by atoms with Crippen LogP contribution in [0.2, 0.25) is 0 Å². The summed E-state index contributed by atoms with van der Waals surface area (Å²) in [6, 6.07) is 13.6. The average Bonchev–Trinajstić information content (AvgIpc) is 2.91. The van der Waals surface area contributed by atoms with Gasteiger partial charge in [-0.1, -0.05) is 24.3 Å². The Balaban J connectivity index is 1.89. The molecule has 2 aromatic rings. The molecular weight excluding hydrogens is 264 g/mol. The van der Waals surface area contributed by atoms with Crippen LogP contribution in [0.25, 0.3) is 0 Å². The molecule has 1 aliphatic heterocycles. The van der Waals surface area contributed by atoms with Crippen LogP contribution in [0, 0.1) is 0 Å². The van der Waals surface area contributed by atoms with E-state index in [0.29, 0.717) is 17.9 Å². The molecule has 0 atom stereocenters. The highest BCUT2D eigenvalue weighted by Gasteiger charge is 2.21. The van der Waals surface area contributed by atoms with E-state index in [2.05, 4.69) is 17.0 Å². The van der Waals surface area contributed by atoms with Crippen LogP contribution in [0.3, 0.4) is 0 Å². The van der Waals surface area contributed by atoms with Crippen molar-refractivity contribution >= 4 is 17.3 Å². The molecule has 0 unspecified atom stereocenters. The molecule has 4 heteroatoms. The summed E-state index contributed by atoms with van der Waals surface area (Å²) >= 11 is 0. The Morgan fingerprint density at radius 2 is 1.86 bits per heavy atom. The standard InChI is InChI=1S/C17H18N2O2/c1-2-21-17(20)12-7-8-15(18)16(9-12)19-10-13-5-3-4-6-14(13)11-19/h3-9H,2,10-11,18H2,1H3. The third kappa shape index (κ3) is 2.57. The third-order valence-corrected chi connectivity index (χ3v) is 3.72. The smallest absolute Gasteiger partial charge is 0.338 e. The van der Waals surface area contributed by atoms with E-state index >= 15 is 0 Å². The molecule has 3 rings (SSSR count). The molecule has 0 spiro atoms. The Bertz CT molecular complexity index is 657. The summed E-state index contributed by atoms with van der Waals surface area (Å²) in [6.45, 7) is 3.79. The van der Waals surface area contributed by atoms with Crippen LogP contribution in [0.5, 0.6) is 0 Å². The van der Waals surface area contributed by atoms with Crippen LogP contribution in [-0.2, 0) is 17.8 Å². The van der Waals surface area contributed by atoms with Crippen molar-refractivity contribution in [2.75, 3.05) is 17.2 Å². The van der Waals surface area contributed by atoms with E-state index in [-0.39, 0.29) is 5.97 Å². The first-order valence-corrected chi connectivity index (χ1v) is 7.07. The zero-order valence-corrected chi connectivity index (χ0v) is 12.0. The van der Waals surface area contributed by atoms with Crippen LogP contribution in [0.1, 0.15) is 28.4 Å². The molecule has 0 aliphatic carbocycles. The first kappa shape index (κ1) is 13.5. The first-order chi connectivity index (χ1) is 10.2. The number of nitrogens with zero attached hydrogens (tertiary/aromatic N) is 1. The summed E-state index contributed by atoms with van der Waals surface area (Å²) < 4.78 is 5.05. The van der Waals surface area contributed by atoms with Gasteiger partial charge in [-0.05, 0) is 36.2 Å². The van der Waals surface area contributed by atoms with E-state index in [1.54, 1.807) is 19.1 Å². The van der Waals surface area contributed by atoms with Crippen molar-refractivity contribution in [2.45, 2.75) is 20.0 Å². The minimum Gasteiger partial charge on any atom is -0.462 e. The number of fused-ring (bicyclic) bond motifs is 1. The summed E-state index contributed by atoms with van der Waals surface area (Å²) in [6.07, 6.45) is 0. The molecule has 0 bridgehead atoms. The normalized spacial score (nSPS) is 13.1. The summed E-state index contributed by atoms with van der Waals surface area (Å²) in [7, 11) is 0. The Hall–Kier alpha value is -2.49. The zero-order valence-electron chi connectivity index (χ0n) is 12.0. The quantitative estimate of drug-likeness (QED) is 0.694. The van der Waals surface area contributed by atoms with Gasteiger partial charge in [0.15, 0.2) is 0 Å². The van der Waals surface area contributed by atoms with Crippen molar-refractivity contribution in [1.29, 1.82) is 0 Å². The van der Waals surface area contributed by atoms with Gasteiger partial charge in [-0.3, -0.25) is 0 Å². The highest BCUT2D eigenvalue weighted by Crippen LogP contribution is 2.32. The molecule has 0 saturated heterocycles. The lowest BCUT2D eigenvalue weighted by atomic mass is 10.1. The van der Waals surface area contributed by atoms with E-state index in [4.69, 9.17) is 10.5 Å². The molecule has 21 heavy (non-hydrogen) atoms. The number of nitrogen functional groups attached to an aromatic ring is 1. The monoisotopic (exact) mass is 282 g/mol. The predicted molar refractivity (Wildman–Crippen MR) is 83.1 cm³/mol. The molecule has 2 N–H and O–H groups in total. The zero-order chi connectivity index (χ0) is 14.8. The molecule has 0 fully saturated rings. The maximum atomic E-state index is 11.9. The van der Waals surface area contributed by atoms with Gasteiger partial charge in [-0.15, -0.1) is 0 Å². The summed E-state index contributed by atoms with van der Waals surface area (Å²) in [4.78, 5) is 14.0. The van der Waals surface area contributed by atoms with Gasteiger partial charge in [0.2, 0.25) is 0 Å². The van der Waals surface area contributed by atoms with Gasteiger partial charge >= 0.3 is 5.97 Å². The number of rotatable bonds is 3. The fourth-order valence-corrected chi connectivity index (χ4v) is 2.66. The fourth-order valence-electron chi connectivity index (χ4n) is 2.66. The van der Waals surface area contributed by atoms with E-state index in [1.807, 2.05) is 18.2 Å². The molecule has 2 aromatic carbocycles. The van der Waals surface area contributed by atoms with Crippen LogP contribution in [-0.4, -0.2) is 12.6 Å². The van der Waals surface area contributed by atoms with Crippen molar-refractivity contribution in [2.24, 2.45) is 0 Å². The topological polar surface area (TPSA) is 55.6 Å². The number of carbonyl (C=O) groups excluding carboxylic acids is 1. The average molecular weight is 282 g/mol. The lowest BCUT2D eigenvalue weighted by Crippen LogP contribution is -2.17. The van der Waals surface area contributed by atoms with Crippen molar-refractivity contribution in [3.05, 3.63) is 59.2 Å². The van der Waals surface area contributed by atoms with Gasteiger partial charge in [0.05, 0.1) is 23.5 Å². The van der Waals surface area contributed by atoms with Crippen LogP contribution in [0.4, 0.5) is 11.4 Å². The van der Waals surface area contributed by atoms with Crippen molar-refractivity contribution in [3.8, 4) is 0 Å². The fraction of sp³-hybridized carbons (Fsp3) is 0.235. The molecular formula is C17H18N2O2. The Labute approximate surface area is 124 Å². The number of esters is 1. The minimum atomic E-state index is -0.310. The molecule has 1 aliphatic rings. The number of carbonyl (C=O) groups is 1. The molecule has 4 nitrogen and oxygen atoms in total. The summed E-state index contributed by atoms with van der Waals surface area (Å²) in [5.41, 5.74) is 10.8. The van der Waals surface area contributed by atoms with E-state index in [0.717, 1.165) is 18.8 Å². The van der Waals surface area contributed by atoms with Gasteiger partial charge in [0.1, 0.15) is 0 Å². The van der Waals surface area contributed by atoms with Crippen molar-refractivity contribution in [3.63, 3.8) is 0 Å². The molecule has 0 aromatic heterocycles. The van der Waals surface area contributed by atoms with Crippen molar-refractivity contribution < 1.29 is 9.53 Å². The van der Waals surface area contributed by atoms with Crippen LogP contribution in [0.15, 0.2) is 42.5 Å². The molecule has 108 valence electrons. The first-order valence-electron chi connectivity index (χ1n) is 7.07. The highest BCUT2D eigenvalue weighted by molar-refractivity contribution is 5.92. The molecule has 0 saturated carbocycles. The van der Waals surface area contributed by atoms with Gasteiger partial charge in [0.25, 0.3) is 0 Å². The molecule has 1 heterocycles. The second kappa shape index (κ2) is 5.48. The largest absolute Gasteiger partial charge is 0.462 e. The maximum Gasteiger partial charge on any atom is 0.338 e. The van der Waals surface area contributed by atoms with Gasteiger partial charge in [-0.2, -0.15) is 0 Å². The van der Waals surface area contributed by atoms with Crippen molar-refractivity contribution in [1.82, 2.24) is 0 Å². The second-order valence-electron chi connectivity index (χ2n) is 5.12. The highest BCUT2D eigenvalue weighted by atomic mass is 16.5. The lowest BCUT2D eigenvalue weighted by molar-refractivity contribution is 0.0526. The predicted octanol–water partition coefficient (Wildman–Crippen LogP) is 2.97. The lowest BCUT2D eigenvalue weighted by Gasteiger charge is -2.20. The van der Waals surface area contributed by atoms with Crippen LogP contribution >= 0.6 is 0 Å². The number of hydrogen-bond acceptors (Lipinski definition) is 4. The van der Waals surface area contributed by atoms with Gasteiger partial charge in [-0.25, -0.2) is 4.79 Å². The third-order valence-electron chi connectivity index (χ3n) is 3.72. The van der Waals surface area contributed by atoms with Gasteiger partial charge < -0.3 is 15.4 Å². The molecule has 0 amide bonds. The van der Waals surface area contributed by atoms with E-state index in [9.17, 15) is 4.79 Å². The Kier molecular flexibility index (Phi) is 3.52. The van der Waals surface area contributed by atoms with E-state index < -0.39 is 0 Å². The number of anilines is 2. The minimum absolute atomic E-state index is 0.310. The number of benzene rings is 2.